The molecule has 1 aromatic heterocycles. The molecule has 0 aliphatic carbocycles. The number of aromatic amines is 1. The molecule has 2 unspecified atom stereocenters. The lowest BCUT2D eigenvalue weighted by Gasteiger charge is -2.20. The van der Waals surface area contributed by atoms with E-state index in [1.54, 1.807) is 18.2 Å². The average molecular weight is 411 g/mol. The van der Waals surface area contributed by atoms with Gasteiger partial charge in [-0.15, -0.1) is 0 Å². The second-order valence-electron chi connectivity index (χ2n) is 7.28. The Morgan fingerprint density at radius 2 is 2.10 bits per heavy atom. The molecular weight excluding hydrogens is 386 g/mol. The smallest absolute Gasteiger partial charge is 0.262 e. The number of rotatable bonds is 9. The lowest BCUT2D eigenvalue weighted by atomic mass is 10.2. The summed E-state index contributed by atoms with van der Waals surface area (Å²) in [6.45, 7) is 2.97. The largest absolute Gasteiger partial charge is 0.492 e. The third kappa shape index (κ3) is 4.84. The van der Waals surface area contributed by atoms with Gasteiger partial charge < -0.3 is 34.9 Å². The van der Waals surface area contributed by atoms with E-state index in [4.69, 9.17) is 14.2 Å². The maximum Gasteiger partial charge on any atom is 0.262 e. The van der Waals surface area contributed by atoms with Crippen molar-refractivity contribution >= 4 is 22.5 Å². The average Bonchev–Trinajstić information content (AvgIpc) is 3.24. The quantitative estimate of drug-likeness (QED) is 0.431. The maximum absolute atomic E-state index is 11.4. The zero-order valence-electron chi connectivity index (χ0n) is 16.7. The van der Waals surface area contributed by atoms with E-state index in [-0.39, 0.29) is 25.2 Å². The number of hydrogen-bond donors (Lipinski definition) is 4. The van der Waals surface area contributed by atoms with Crippen LogP contribution in [0.3, 0.4) is 0 Å². The molecule has 1 amide bonds. The summed E-state index contributed by atoms with van der Waals surface area (Å²) in [5.41, 5.74) is 1.61. The van der Waals surface area contributed by atoms with E-state index in [0.29, 0.717) is 30.3 Å². The first kappa shape index (κ1) is 20.1. The summed E-state index contributed by atoms with van der Waals surface area (Å²) in [6, 6.07) is 13.0. The summed E-state index contributed by atoms with van der Waals surface area (Å²) in [6.07, 6.45) is 1.21. The molecule has 2 atom stereocenters. The zero-order valence-corrected chi connectivity index (χ0v) is 16.7. The molecule has 0 fully saturated rings. The van der Waals surface area contributed by atoms with Gasteiger partial charge in [0, 0.05) is 35.8 Å². The van der Waals surface area contributed by atoms with Crippen molar-refractivity contribution in [3.05, 3.63) is 48.7 Å². The highest BCUT2D eigenvalue weighted by atomic mass is 16.5. The first-order valence-corrected chi connectivity index (χ1v) is 9.88. The molecule has 2 aromatic carbocycles. The third-order valence-corrected chi connectivity index (χ3v) is 4.77. The maximum atomic E-state index is 11.4. The number of amides is 1. The molecule has 4 rings (SSSR count). The molecule has 0 radical (unpaired) electrons. The van der Waals surface area contributed by atoms with E-state index in [0.717, 1.165) is 16.7 Å². The number of fused-ring (bicyclic) bond motifs is 2. The van der Waals surface area contributed by atoms with Gasteiger partial charge in [-0.05, 0) is 37.3 Å². The highest BCUT2D eigenvalue weighted by Crippen LogP contribution is 2.31. The van der Waals surface area contributed by atoms with Gasteiger partial charge in [0.15, 0.2) is 6.61 Å². The van der Waals surface area contributed by atoms with Crippen LogP contribution >= 0.6 is 0 Å². The Bertz CT molecular complexity index is 1020. The van der Waals surface area contributed by atoms with Gasteiger partial charge in [-0.25, -0.2) is 0 Å². The summed E-state index contributed by atoms with van der Waals surface area (Å²) in [5.74, 6) is 1.83. The Morgan fingerprint density at radius 3 is 3.00 bits per heavy atom. The number of H-pyrrole nitrogens is 1. The third-order valence-electron chi connectivity index (χ3n) is 4.77. The molecular formula is C22H25N3O5. The first-order chi connectivity index (χ1) is 14.6. The number of ether oxygens (including phenoxy) is 3. The SMILES string of the molecule is CC(COc1ccc2c(c1)NC(=O)CO2)NCC(O)COc1cccc2[nH]ccc12. The van der Waals surface area contributed by atoms with Gasteiger partial charge >= 0.3 is 0 Å². The highest BCUT2D eigenvalue weighted by molar-refractivity contribution is 5.95. The molecule has 3 aromatic rings. The minimum atomic E-state index is -0.655. The molecule has 0 saturated heterocycles. The van der Waals surface area contributed by atoms with Gasteiger partial charge in [0.2, 0.25) is 0 Å². The number of benzene rings is 2. The molecule has 30 heavy (non-hydrogen) atoms. The summed E-state index contributed by atoms with van der Waals surface area (Å²) >= 11 is 0. The number of carbonyl (C=O) groups excluding carboxylic acids is 1. The van der Waals surface area contributed by atoms with Crippen LogP contribution in [0.2, 0.25) is 0 Å². The van der Waals surface area contributed by atoms with Crippen molar-refractivity contribution in [3.8, 4) is 17.2 Å². The number of carbonyl (C=O) groups is 1. The van der Waals surface area contributed by atoms with Crippen molar-refractivity contribution in [1.29, 1.82) is 0 Å². The topological polar surface area (TPSA) is 105 Å². The monoisotopic (exact) mass is 411 g/mol. The number of hydrogen-bond acceptors (Lipinski definition) is 6. The predicted octanol–water partition coefficient (Wildman–Crippen LogP) is 2.30. The number of aromatic nitrogens is 1. The highest BCUT2D eigenvalue weighted by Gasteiger charge is 2.16. The van der Waals surface area contributed by atoms with Crippen molar-refractivity contribution in [2.24, 2.45) is 0 Å². The second-order valence-corrected chi connectivity index (χ2v) is 7.28. The lowest BCUT2D eigenvalue weighted by molar-refractivity contribution is -0.118. The van der Waals surface area contributed by atoms with E-state index in [2.05, 4.69) is 15.6 Å². The fourth-order valence-corrected chi connectivity index (χ4v) is 3.20. The van der Waals surface area contributed by atoms with Crippen molar-refractivity contribution in [2.45, 2.75) is 19.1 Å². The molecule has 0 spiro atoms. The Labute approximate surface area is 174 Å². The lowest BCUT2D eigenvalue weighted by Crippen LogP contribution is -2.39. The van der Waals surface area contributed by atoms with Crippen LogP contribution in [0.4, 0.5) is 5.69 Å². The molecule has 2 heterocycles. The van der Waals surface area contributed by atoms with Crippen LogP contribution < -0.4 is 24.8 Å². The molecule has 0 saturated carbocycles. The van der Waals surface area contributed by atoms with E-state index in [1.807, 2.05) is 37.4 Å². The zero-order chi connectivity index (χ0) is 20.9. The van der Waals surface area contributed by atoms with Gasteiger partial charge in [0.25, 0.3) is 5.91 Å². The van der Waals surface area contributed by atoms with Crippen LogP contribution in [0.1, 0.15) is 6.92 Å². The van der Waals surface area contributed by atoms with Crippen LogP contribution in [-0.4, -0.2) is 54.5 Å². The minimum absolute atomic E-state index is 0.00892. The van der Waals surface area contributed by atoms with Crippen LogP contribution in [-0.2, 0) is 4.79 Å². The summed E-state index contributed by atoms with van der Waals surface area (Å²) in [5, 5.41) is 17.2. The second kappa shape index (κ2) is 9.06. The van der Waals surface area contributed by atoms with Crippen molar-refractivity contribution in [3.63, 3.8) is 0 Å². The molecule has 1 aliphatic rings. The van der Waals surface area contributed by atoms with Crippen LogP contribution in [0.25, 0.3) is 10.9 Å². The van der Waals surface area contributed by atoms with E-state index in [9.17, 15) is 9.90 Å². The van der Waals surface area contributed by atoms with Crippen LogP contribution in [0.15, 0.2) is 48.7 Å². The number of nitrogens with one attached hydrogen (secondary N) is 3. The number of anilines is 1. The van der Waals surface area contributed by atoms with E-state index < -0.39 is 6.10 Å². The summed E-state index contributed by atoms with van der Waals surface area (Å²) < 4.78 is 16.9. The molecule has 4 N–H and O–H groups in total. The van der Waals surface area contributed by atoms with Crippen LogP contribution in [0, 0.1) is 0 Å². The van der Waals surface area contributed by atoms with Crippen LogP contribution in [0.5, 0.6) is 17.2 Å². The van der Waals surface area contributed by atoms with Gasteiger partial charge in [-0.3, -0.25) is 4.79 Å². The first-order valence-electron chi connectivity index (χ1n) is 9.88. The Morgan fingerprint density at radius 1 is 1.20 bits per heavy atom. The molecule has 158 valence electrons. The minimum Gasteiger partial charge on any atom is -0.492 e. The standard InChI is InChI=1S/C22H25N3O5/c1-14(11-28-16-5-6-21-19(9-16)25-22(27)13-30-21)24-10-15(26)12-29-20-4-2-3-18-17(20)7-8-23-18/h2-9,14-15,23-24,26H,10-13H2,1H3,(H,25,27). The Hall–Kier alpha value is -3.23. The fraction of sp³-hybridized carbons (Fsp3) is 0.318. The Balaban J connectivity index is 1.20. The molecule has 1 aliphatic heterocycles. The van der Waals surface area contributed by atoms with Gasteiger partial charge in [-0.2, -0.15) is 0 Å². The predicted molar refractivity (Wildman–Crippen MR) is 113 cm³/mol. The van der Waals surface area contributed by atoms with Crippen molar-refractivity contribution in [1.82, 2.24) is 10.3 Å². The van der Waals surface area contributed by atoms with Crippen molar-refractivity contribution < 1.29 is 24.1 Å². The van der Waals surface area contributed by atoms with Gasteiger partial charge in [0.05, 0.1) is 5.69 Å². The molecule has 8 nitrogen and oxygen atoms in total. The summed E-state index contributed by atoms with van der Waals surface area (Å²) in [7, 11) is 0. The van der Waals surface area contributed by atoms with E-state index >= 15 is 0 Å². The van der Waals surface area contributed by atoms with Gasteiger partial charge in [0.1, 0.15) is 36.6 Å². The Kier molecular flexibility index (Phi) is 6.06. The van der Waals surface area contributed by atoms with Crippen molar-refractivity contribution in [2.75, 3.05) is 31.7 Å². The number of aliphatic hydroxyl groups excluding tert-OH is 1. The summed E-state index contributed by atoms with van der Waals surface area (Å²) in [4.78, 5) is 14.6. The molecule has 8 heteroatoms. The van der Waals surface area contributed by atoms with Gasteiger partial charge in [-0.1, -0.05) is 6.07 Å². The fourth-order valence-electron chi connectivity index (χ4n) is 3.20. The normalized spacial score (nSPS) is 15.1. The molecule has 0 bridgehead atoms. The number of aliphatic hydroxyl groups is 1. The van der Waals surface area contributed by atoms with E-state index in [1.165, 1.54) is 0 Å².